The summed E-state index contributed by atoms with van der Waals surface area (Å²) < 4.78 is 0. The van der Waals surface area contributed by atoms with Gasteiger partial charge in [-0.25, -0.2) is 0 Å². The molecule has 2 aromatic carbocycles. The van der Waals surface area contributed by atoms with Gasteiger partial charge in [0.05, 0.1) is 0 Å². The average molecular weight is 282 g/mol. The molecule has 0 radical (unpaired) electrons. The molecular weight excluding hydrogens is 256 g/mol. The normalized spacial score (nSPS) is 25.1. The molecule has 2 N–H and O–H groups in total. The van der Waals surface area contributed by atoms with Crippen LogP contribution in [-0.2, 0) is 0 Å². The molecule has 1 saturated heterocycles. The van der Waals surface area contributed by atoms with Crippen molar-refractivity contribution in [2.75, 3.05) is 19.6 Å². The fraction of sp³-hybridized carbons (Fsp3) is 0.474. The molecule has 0 aliphatic carbocycles. The Hall–Kier alpha value is -1.38. The van der Waals surface area contributed by atoms with Gasteiger partial charge in [0, 0.05) is 19.1 Å². The number of hydrogen-bond acceptors (Lipinski definition) is 2. The minimum atomic E-state index is 0.339. The molecule has 1 aliphatic heterocycles. The third-order valence-corrected chi connectivity index (χ3v) is 5.21. The fourth-order valence-electron chi connectivity index (χ4n) is 3.59. The third-order valence-electron chi connectivity index (χ3n) is 5.21. The number of hydrogen-bond donors (Lipinski definition) is 1. The number of likely N-dealkylation sites (tertiary alicyclic amines) is 1. The molecule has 3 rings (SSSR count). The Morgan fingerprint density at radius 2 is 1.86 bits per heavy atom. The van der Waals surface area contributed by atoms with Gasteiger partial charge in [-0.3, -0.25) is 4.90 Å². The van der Waals surface area contributed by atoms with Gasteiger partial charge < -0.3 is 5.73 Å². The molecular formula is C19H26N2. The summed E-state index contributed by atoms with van der Waals surface area (Å²) >= 11 is 0. The Bertz CT molecular complexity index is 602. The van der Waals surface area contributed by atoms with Crippen molar-refractivity contribution in [1.29, 1.82) is 0 Å². The predicted octanol–water partition coefficient (Wildman–Crippen LogP) is 3.82. The first-order chi connectivity index (χ1) is 10.2. The smallest absolute Gasteiger partial charge is 0.0476 e. The molecule has 1 aliphatic rings. The third kappa shape index (κ3) is 2.83. The van der Waals surface area contributed by atoms with Gasteiger partial charge in [-0.05, 0) is 41.1 Å². The molecule has 2 heteroatoms. The van der Waals surface area contributed by atoms with Crippen LogP contribution in [0.3, 0.4) is 0 Å². The molecule has 2 nitrogen and oxygen atoms in total. The van der Waals surface area contributed by atoms with Crippen molar-refractivity contribution in [3.05, 3.63) is 48.0 Å². The molecule has 0 aromatic heterocycles. The van der Waals surface area contributed by atoms with Crippen LogP contribution in [-0.4, -0.2) is 24.5 Å². The maximum atomic E-state index is 6.17. The summed E-state index contributed by atoms with van der Waals surface area (Å²) in [5, 5.41) is 2.66. The van der Waals surface area contributed by atoms with Crippen LogP contribution >= 0.6 is 0 Å². The number of benzene rings is 2. The molecule has 0 spiro atoms. The van der Waals surface area contributed by atoms with Crippen molar-refractivity contribution < 1.29 is 0 Å². The fourth-order valence-corrected chi connectivity index (χ4v) is 3.59. The van der Waals surface area contributed by atoms with Gasteiger partial charge >= 0.3 is 0 Å². The van der Waals surface area contributed by atoms with Crippen LogP contribution in [0.4, 0.5) is 0 Å². The van der Waals surface area contributed by atoms with Crippen molar-refractivity contribution in [3.63, 3.8) is 0 Å². The zero-order valence-electron chi connectivity index (χ0n) is 13.1. The van der Waals surface area contributed by atoms with E-state index in [0.717, 1.165) is 24.9 Å². The van der Waals surface area contributed by atoms with Crippen molar-refractivity contribution in [3.8, 4) is 0 Å². The van der Waals surface area contributed by atoms with E-state index in [1.54, 1.807) is 0 Å². The van der Waals surface area contributed by atoms with E-state index in [-0.39, 0.29) is 0 Å². The van der Waals surface area contributed by atoms with E-state index in [2.05, 4.69) is 61.2 Å². The lowest BCUT2D eigenvalue weighted by Gasteiger charge is -2.40. The van der Waals surface area contributed by atoms with Crippen LogP contribution in [0, 0.1) is 11.8 Å². The van der Waals surface area contributed by atoms with Crippen LogP contribution in [0.5, 0.6) is 0 Å². The second-order valence-electron chi connectivity index (χ2n) is 6.56. The van der Waals surface area contributed by atoms with Crippen molar-refractivity contribution in [1.82, 2.24) is 4.90 Å². The van der Waals surface area contributed by atoms with E-state index in [0.29, 0.717) is 12.6 Å². The van der Waals surface area contributed by atoms with Crippen LogP contribution in [0.15, 0.2) is 42.5 Å². The summed E-state index contributed by atoms with van der Waals surface area (Å²) in [4.78, 5) is 2.59. The summed E-state index contributed by atoms with van der Waals surface area (Å²) in [5.74, 6) is 1.58. The highest BCUT2D eigenvalue weighted by Gasteiger charge is 2.28. The number of piperidine rings is 1. The molecule has 2 aromatic rings. The topological polar surface area (TPSA) is 29.3 Å². The lowest BCUT2D eigenvalue weighted by molar-refractivity contribution is 0.0989. The van der Waals surface area contributed by atoms with E-state index in [4.69, 9.17) is 5.73 Å². The first-order valence-corrected chi connectivity index (χ1v) is 8.12. The molecule has 112 valence electrons. The Morgan fingerprint density at radius 3 is 2.62 bits per heavy atom. The van der Waals surface area contributed by atoms with Gasteiger partial charge in [0.25, 0.3) is 0 Å². The maximum absolute atomic E-state index is 6.17. The lowest BCUT2D eigenvalue weighted by atomic mass is 9.86. The van der Waals surface area contributed by atoms with Gasteiger partial charge in [-0.15, -0.1) is 0 Å². The second-order valence-corrected chi connectivity index (χ2v) is 6.56. The van der Waals surface area contributed by atoms with E-state index < -0.39 is 0 Å². The molecule has 0 bridgehead atoms. The quantitative estimate of drug-likeness (QED) is 0.927. The number of rotatable bonds is 3. The predicted molar refractivity (Wildman–Crippen MR) is 90.3 cm³/mol. The number of nitrogens with zero attached hydrogens (tertiary/aromatic N) is 1. The van der Waals surface area contributed by atoms with Crippen LogP contribution in [0.1, 0.15) is 31.9 Å². The minimum absolute atomic E-state index is 0.339. The van der Waals surface area contributed by atoms with Gasteiger partial charge in [-0.2, -0.15) is 0 Å². The van der Waals surface area contributed by atoms with Crippen LogP contribution in [0.25, 0.3) is 10.8 Å². The zero-order valence-corrected chi connectivity index (χ0v) is 13.1. The van der Waals surface area contributed by atoms with Gasteiger partial charge in [0.15, 0.2) is 0 Å². The van der Waals surface area contributed by atoms with Crippen molar-refractivity contribution in [2.24, 2.45) is 17.6 Å². The molecule has 1 heterocycles. The molecule has 3 atom stereocenters. The monoisotopic (exact) mass is 282 g/mol. The molecule has 3 unspecified atom stereocenters. The Kier molecular flexibility index (Phi) is 4.27. The molecule has 21 heavy (non-hydrogen) atoms. The van der Waals surface area contributed by atoms with Gasteiger partial charge in [0.1, 0.15) is 0 Å². The first-order valence-electron chi connectivity index (χ1n) is 8.12. The van der Waals surface area contributed by atoms with E-state index in [9.17, 15) is 0 Å². The standard InChI is InChI=1S/C19H26N2/c1-14-10-11-21(13-15(14)2)19(12-20)18-9-5-7-16-6-3-4-8-17(16)18/h3-9,14-15,19H,10-13,20H2,1-2H3. The Labute approximate surface area is 127 Å². The van der Waals surface area contributed by atoms with Crippen LogP contribution in [0.2, 0.25) is 0 Å². The number of nitrogens with two attached hydrogens (primary N) is 1. The highest BCUT2D eigenvalue weighted by atomic mass is 15.2. The zero-order chi connectivity index (χ0) is 14.8. The minimum Gasteiger partial charge on any atom is -0.329 e. The Morgan fingerprint density at radius 1 is 1.10 bits per heavy atom. The van der Waals surface area contributed by atoms with Crippen molar-refractivity contribution in [2.45, 2.75) is 26.3 Å². The van der Waals surface area contributed by atoms with Gasteiger partial charge in [0.2, 0.25) is 0 Å². The molecule has 0 saturated carbocycles. The van der Waals surface area contributed by atoms with Crippen LogP contribution < -0.4 is 5.73 Å². The number of fused-ring (bicyclic) bond motifs is 1. The summed E-state index contributed by atoms with van der Waals surface area (Å²) in [6.07, 6.45) is 1.28. The summed E-state index contributed by atoms with van der Waals surface area (Å²) in [5.41, 5.74) is 7.55. The van der Waals surface area contributed by atoms with E-state index >= 15 is 0 Å². The highest BCUT2D eigenvalue weighted by Crippen LogP contribution is 2.32. The largest absolute Gasteiger partial charge is 0.329 e. The van der Waals surface area contributed by atoms with E-state index in [1.165, 1.54) is 22.8 Å². The Balaban J connectivity index is 1.95. The maximum Gasteiger partial charge on any atom is 0.0476 e. The average Bonchev–Trinajstić information content (AvgIpc) is 2.52. The first kappa shape index (κ1) is 14.6. The van der Waals surface area contributed by atoms with Gasteiger partial charge in [-0.1, -0.05) is 56.3 Å². The molecule has 1 fully saturated rings. The summed E-state index contributed by atoms with van der Waals surface area (Å²) in [6.45, 7) is 7.75. The van der Waals surface area contributed by atoms with Crippen molar-refractivity contribution >= 4 is 10.8 Å². The highest BCUT2D eigenvalue weighted by molar-refractivity contribution is 5.86. The lowest BCUT2D eigenvalue weighted by Crippen LogP contribution is -2.43. The van der Waals surface area contributed by atoms with E-state index in [1.807, 2.05) is 0 Å². The molecule has 0 amide bonds. The SMILES string of the molecule is CC1CCN(C(CN)c2cccc3ccccc23)CC1C. The summed E-state index contributed by atoms with van der Waals surface area (Å²) in [6, 6.07) is 15.6. The summed E-state index contributed by atoms with van der Waals surface area (Å²) in [7, 11) is 0. The second kappa shape index (κ2) is 6.17.